The SMILES string of the molecule is COc1ccc2c3c(n(CCC4CCN(Cc5ccccc5)CC4)c(=O)c2c1OC)-c1ccccc1C3=O. The Bertz CT molecular complexity index is 1570. The molecule has 6 rings (SSSR count). The highest BCUT2D eigenvalue weighted by Crippen LogP contribution is 2.43. The van der Waals surface area contributed by atoms with E-state index in [0.29, 0.717) is 45.9 Å². The van der Waals surface area contributed by atoms with Gasteiger partial charge in [0.05, 0.1) is 30.9 Å². The van der Waals surface area contributed by atoms with Crippen molar-refractivity contribution in [1.29, 1.82) is 0 Å². The van der Waals surface area contributed by atoms with Gasteiger partial charge in [-0.05, 0) is 56.0 Å². The third-order valence-electron chi connectivity index (χ3n) is 8.15. The number of ether oxygens (including phenoxy) is 2. The number of rotatable bonds is 7. The average Bonchev–Trinajstić information content (AvgIpc) is 3.26. The van der Waals surface area contributed by atoms with Gasteiger partial charge < -0.3 is 14.0 Å². The molecule has 0 atom stereocenters. The second-order valence-corrected chi connectivity index (χ2v) is 10.3. The minimum atomic E-state index is -0.138. The Morgan fingerprint density at radius 3 is 2.26 bits per heavy atom. The zero-order valence-electron chi connectivity index (χ0n) is 21.9. The summed E-state index contributed by atoms with van der Waals surface area (Å²) in [5.74, 6) is 1.34. The molecule has 0 N–H and O–H groups in total. The van der Waals surface area contributed by atoms with Crippen LogP contribution in [0.1, 0.15) is 40.7 Å². The summed E-state index contributed by atoms with van der Waals surface area (Å²) < 4.78 is 13.0. The molecule has 2 aliphatic rings. The first-order valence-corrected chi connectivity index (χ1v) is 13.3. The van der Waals surface area contributed by atoms with Crippen molar-refractivity contribution in [2.75, 3.05) is 27.3 Å². The highest BCUT2D eigenvalue weighted by molar-refractivity contribution is 6.27. The largest absolute Gasteiger partial charge is 0.493 e. The predicted molar refractivity (Wildman–Crippen MR) is 149 cm³/mol. The van der Waals surface area contributed by atoms with E-state index in [1.807, 2.05) is 34.9 Å². The van der Waals surface area contributed by atoms with Crippen molar-refractivity contribution in [3.05, 3.63) is 93.8 Å². The molecule has 1 saturated heterocycles. The third kappa shape index (κ3) is 4.09. The lowest BCUT2D eigenvalue weighted by Crippen LogP contribution is -2.34. The minimum Gasteiger partial charge on any atom is -0.493 e. The number of nitrogens with zero attached hydrogens (tertiary/aromatic N) is 2. The van der Waals surface area contributed by atoms with Crippen LogP contribution in [0.25, 0.3) is 22.0 Å². The molecule has 1 fully saturated rings. The Morgan fingerprint density at radius 1 is 0.842 bits per heavy atom. The molecule has 38 heavy (non-hydrogen) atoms. The fraction of sp³-hybridized carbons (Fsp3) is 0.312. The van der Waals surface area contributed by atoms with Gasteiger partial charge >= 0.3 is 0 Å². The topological polar surface area (TPSA) is 60.8 Å². The lowest BCUT2D eigenvalue weighted by atomic mass is 9.93. The number of fused-ring (bicyclic) bond motifs is 5. The Balaban J connectivity index is 1.33. The summed E-state index contributed by atoms with van der Waals surface area (Å²) in [7, 11) is 3.09. The van der Waals surface area contributed by atoms with Gasteiger partial charge in [-0.1, -0.05) is 54.6 Å². The summed E-state index contributed by atoms with van der Waals surface area (Å²) in [5, 5.41) is 1.03. The number of pyridine rings is 1. The number of ketones is 1. The standard InChI is InChI=1S/C32H32N2O4/c1-37-26-13-12-25-27-29(23-10-6-7-11-24(23)30(27)35)34(32(36)28(25)31(26)38-2)19-16-21-14-17-33(18-15-21)20-22-8-4-3-5-9-22/h3-13,21H,14-20H2,1-2H3. The van der Waals surface area contributed by atoms with Crippen molar-refractivity contribution in [2.24, 2.45) is 5.92 Å². The van der Waals surface area contributed by atoms with Crippen molar-refractivity contribution in [3.63, 3.8) is 0 Å². The van der Waals surface area contributed by atoms with Crippen molar-refractivity contribution >= 4 is 16.6 Å². The first-order chi connectivity index (χ1) is 18.6. The fourth-order valence-electron chi connectivity index (χ4n) is 6.18. The summed E-state index contributed by atoms with van der Waals surface area (Å²) in [4.78, 5) is 30.2. The van der Waals surface area contributed by atoms with E-state index in [1.165, 1.54) is 12.7 Å². The number of piperidine rings is 1. The summed E-state index contributed by atoms with van der Waals surface area (Å²) >= 11 is 0. The van der Waals surface area contributed by atoms with Crippen LogP contribution in [0.15, 0.2) is 71.5 Å². The van der Waals surface area contributed by atoms with Gasteiger partial charge in [-0.15, -0.1) is 0 Å². The molecule has 194 valence electrons. The molecule has 0 bridgehead atoms. The molecule has 3 aromatic carbocycles. The van der Waals surface area contributed by atoms with Crippen molar-refractivity contribution < 1.29 is 14.3 Å². The number of methoxy groups -OCH3 is 2. The van der Waals surface area contributed by atoms with Crippen LogP contribution in [0.4, 0.5) is 0 Å². The van der Waals surface area contributed by atoms with Crippen LogP contribution in [0.5, 0.6) is 11.5 Å². The van der Waals surface area contributed by atoms with E-state index in [0.717, 1.165) is 50.2 Å². The Hall–Kier alpha value is -3.90. The maximum Gasteiger partial charge on any atom is 0.262 e. The maximum atomic E-state index is 14.1. The van der Waals surface area contributed by atoms with Gasteiger partial charge in [0, 0.05) is 29.6 Å². The van der Waals surface area contributed by atoms with Crippen LogP contribution >= 0.6 is 0 Å². The van der Waals surface area contributed by atoms with Crippen LogP contribution in [0, 0.1) is 5.92 Å². The number of likely N-dealkylation sites (tertiary alicyclic amines) is 1. The monoisotopic (exact) mass is 508 g/mol. The van der Waals surface area contributed by atoms with Gasteiger partial charge in [0.2, 0.25) is 0 Å². The highest BCUT2D eigenvalue weighted by Gasteiger charge is 2.34. The molecule has 1 aliphatic carbocycles. The number of carbonyl (C=O) groups is 1. The lowest BCUT2D eigenvalue weighted by molar-refractivity contribution is 0.104. The molecule has 0 amide bonds. The molecular weight excluding hydrogens is 476 g/mol. The molecule has 1 aromatic heterocycles. The fourth-order valence-corrected chi connectivity index (χ4v) is 6.18. The van der Waals surface area contributed by atoms with Crippen LogP contribution in [-0.4, -0.2) is 42.6 Å². The zero-order chi connectivity index (χ0) is 26.2. The van der Waals surface area contributed by atoms with Crippen molar-refractivity contribution in [3.8, 4) is 22.8 Å². The highest BCUT2D eigenvalue weighted by atomic mass is 16.5. The molecule has 4 aromatic rings. The predicted octanol–water partition coefficient (Wildman–Crippen LogP) is 5.53. The van der Waals surface area contributed by atoms with Crippen LogP contribution in [0.3, 0.4) is 0 Å². The molecule has 2 heterocycles. The summed E-state index contributed by atoms with van der Waals surface area (Å²) in [5.41, 5.74) is 4.00. The maximum absolute atomic E-state index is 14.1. The van der Waals surface area contributed by atoms with E-state index < -0.39 is 0 Å². The van der Waals surface area contributed by atoms with Gasteiger partial charge in [0.25, 0.3) is 5.56 Å². The molecule has 1 aliphatic heterocycles. The van der Waals surface area contributed by atoms with Crippen LogP contribution in [-0.2, 0) is 13.1 Å². The van der Waals surface area contributed by atoms with Gasteiger partial charge in [0.1, 0.15) is 0 Å². The van der Waals surface area contributed by atoms with Gasteiger partial charge in [-0.3, -0.25) is 14.5 Å². The summed E-state index contributed by atoms with van der Waals surface area (Å²) in [6, 6.07) is 21.8. The number of hydrogen-bond acceptors (Lipinski definition) is 5. The van der Waals surface area contributed by atoms with E-state index in [2.05, 4.69) is 35.2 Å². The normalized spacial score (nSPS) is 15.5. The Morgan fingerprint density at radius 2 is 1.55 bits per heavy atom. The van der Waals surface area contributed by atoms with E-state index in [1.54, 1.807) is 13.2 Å². The quantitative estimate of drug-likeness (QED) is 0.289. The Kier molecular flexibility index (Phi) is 6.50. The van der Waals surface area contributed by atoms with Crippen molar-refractivity contribution in [2.45, 2.75) is 32.4 Å². The lowest BCUT2D eigenvalue weighted by Gasteiger charge is -2.32. The smallest absolute Gasteiger partial charge is 0.262 e. The van der Waals surface area contributed by atoms with Gasteiger partial charge in [-0.2, -0.15) is 0 Å². The van der Waals surface area contributed by atoms with Crippen LogP contribution < -0.4 is 15.0 Å². The molecule has 6 heteroatoms. The molecule has 0 saturated carbocycles. The zero-order valence-corrected chi connectivity index (χ0v) is 21.9. The first kappa shape index (κ1) is 24.4. The van der Waals surface area contributed by atoms with E-state index >= 15 is 0 Å². The molecular formula is C32H32N2O4. The number of benzene rings is 3. The second-order valence-electron chi connectivity index (χ2n) is 10.3. The third-order valence-corrected chi connectivity index (χ3v) is 8.15. The van der Waals surface area contributed by atoms with E-state index in [-0.39, 0.29) is 11.3 Å². The van der Waals surface area contributed by atoms with E-state index in [4.69, 9.17) is 9.47 Å². The minimum absolute atomic E-state index is 0.0456. The van der Waals surface area contributed by atoms with Gasteiger partial charge in [-0.25, -0.2) is 0 Å². The Labute approximate surface area is 222 Å². The molecule has 0 spiro atoms. The summed E-state index contributed by atoms with van der Waals surface area (Å²) in [6.45, 7) is 3.64. The van der Waals surface area contributed by atoms with Gasteiger partial charge in [0.15, 0.2) is 17.3 Å². The number of aromatic nitrogens is 1. The molecule has 0 unspecified atom stereocenters. The second kappa shape index (κ2) is 10.1. The number of hydrogen-bond donors (Lipinski definition) is 0. The van der Waals surface area contributed by atoms with Crippen LogP contribution in [0.2, 0.25) is 0 Å². The number of carbonyl (C=O) groups excluding carboxylic acids is 1. The molecule has 6 nitrogen and oxygen atoms in total. The molecule has 0 radical (unpaired) electrons. The average molecular weight is 509 g/mol. The first-order valence-electron chi connectivity index (χ1n) is 13.3. The van der Waals surface area contributed by atoms with E-state index in [9.17, 15) is 9.59 Å². The summed E-state index contributed by atoms with van der Waals surface area (Å²) in [6.07, 6.45) is 3.09. The van der Waals surface area contributed by atoms with Crippen molar-refractivity contribution in [1.82, 2.24) is 9.47 Å².